The molecule has 3 N–H and O–H groups in total. The summed E-state index contributed by atoms with van der Waals surface area (Å²) in [5, 5.41) is 2.34. The summed E-state index contributed by atoms with van der Waals surface area (Å²) in [6.07, 6.45) is 0.887. The molecule has 0 bridgehead atoms. The molecule has 1 fully saturated rings. The molecule has 2 rings (SSSR count). The summed E-state index contributed by atoms with van der Waals surface area (Å²) in [4.78, 5) is 27.4. The van der Waals surface area contributed by atoms with Crippen molar-refractivity contribution in [1.29, 1.82) is 0 Å². The van der Waals surface area contributed by atoms with Crippen molar-refractivity contribution < 1.29 is 14.3 Å². The molecule has 1 aliphatic carbocycles. The molecule has 0 saturated heterocycles. The highest BCUT2D eigenvalue weighted by Gasteiger charge is 2.29. The largest absolute Gasteiger partial charge is 0.448 e. The van der Waals surface area contributed by atoms with E-state index in [-0.39, 0.29) is 38.5 Å². The summed E-state index contributed by atoms with van der Waals surface area (Å²) < 4.78 is 5.00. The Balaban J connectivity index is 2.11. The summed E-state index contributed by atoms with van der Waals surface area (Å²) in [6, 6.07) is 0.168. The zero-order chi connectivity index (χ0) is 15.7. The van der Waals surface area contributed by atoms with Crippen LogP contribution in [0.4, 0.5) is 5.69 Å². The zero-order valence-corrected chi connectivity index (χ0v) is 13.2. The number of aromatic nitrogens is 1. The number of amides is 1. The van der Waals surface area contributed by atoms with Crippen molar-refractivity contribution in [2.75, 3.05) is 5.73 Å². The summed E-state index contributed by atoms with van der Waals surface area (Å²) >= 11 is 17.4. The molecule has 0 aromatic carbocycles. The first kappa shape index (κ1) is 16.1. The smallest absolute Gasteiger partial charge is 0.359 e. The molecule has 1 heterocycles. The highest BCUT2D eigenvalue weighted by Crippen LogP contribution is 2.34. The molecule has 1 aromatic rings. The van der Waals surface area contributed by atoms with Crippen LogP contribution < -0.4 is 11.1 Å². The number of nitrogens with one attached hydrogen (secondary N) is 1. The number of anilines is 1. The third kappa shape index (κ3) is 3.70. The molecule has 0 unspecified atom stereocenters. The maximum absolute atomic E-state index is 12.0. The number of carbonyl (C=O) groups excluding carboxylic acids is 2. The first-order valence-corrected chi connectivity index (χ1v) is 7.26. The van der Waals surface area contributed by atoms with Crippen molar-refractivity contribution in [3.05, 3.63) is 20.9 Å². The van der Waals surface area contributed by atoms with E-state index in [4.69, 9.17) is 45.3 Å². The lowest BCUT2D eigenvalue weighted by Crippen LogP contribution is -2.37. The van der Waals surface area contributed by atoms with Crippen molar-refractivity contribution in [1.82, 2.24) is 10.3 Å². The quantitative estimate of drug-likeness (QED) is 0.641. The van der Waals surface area contributed by atoms with Gasteiger partial charge in [-0.2, -0.15) is 0 Å². The van der Waals surface area contributed by atoms with E-state index in [9.17, 15) is 9.59 Å². The Kier molecular flexibility index (Phi) is 4.81. The van der Waals surface area contributed by atoms with Crippen LogP contribution in [0.2, 0.25) is 15.2 Å². The third-order valence-electron chi connectivity index (χ3n) is 2.84. The maximum atomic E-state index is 12.0. The van der Waals surface area contributed by atoms with Gasteiger partial charge in [0.2, 0.25) is 0 Å². The number of pyridine rings is 1. The fourth-order valence-electron chi connectivity index (χ4n) is 1.48. The monoisotopic (exact) mass is 351 g/mol. The lowest BCUT2D eigenvalue weighted by atomic mass is 10.3. The van der Waals surface area contributed by atoms with Gasteiger partial charge in [-0.05, 0) is 19.8 Å². The highest BCUT2D eigenvalue weighted by molar-refractivity contribution is 6.46. The molecule has 21 heavy (non-hydrogen) atoms. The van der Waals surface area contributed by atoms with Gasteiger partial charge in [-0.1, -0.05) is 34.8 Å². The van der Waals surface area contributed by atoms with E-state index in [1.54, 1.807) is 0 Å². The van der Waals surface area contributed by atoms with E-state index in [1.807, 2.05) is 0 Å². The second-order valence-corrected chi connectivity index (χ2v) is 5.74. The van der Waals surface area contributed by atoms with Crippen LogP contribution in [0.1, 0.15) is 30.3 Å². The molecule has 0 radical (unpaired) electrons. The fourth-order valence-corrected chi connectivity index (χ4v) is 2.07. The molecule has 9 heteroatoms. The number of nitrogens with zero attached hydrogens (tertiary/aromatic N) is 1. The van der Waals surface area contributed by atoms with Gasteiger partial charge in [0.15, 0.2) is 17.0 Å². The first-order chi connectivity index (χ1) is 9.81. The van der Waals surface area contributed by atoms with Gasteiger partial charge in [0.05, 0.1) is 10.7 Å². The van der Waals surface area contributed by atoms with Gasteiger partial charge in [0.1, 0.15) is 5.02 Å². The second kappa shape index (κ2) is 6.25. The molecule has 1 aromatic heterocycles. The number of hydrogen-bond donors (Lipinski definition) is 2. The second-order valence-electron chi connectivity index (χ2n) is 4.62. The van der Waals surface area contributed by atoms with E-state index >= 15 is 0 Å². The van der Waals surface area contributed by atoms with E-state index < -0.39 is 12.1 Å². The molecule has 0 aliphatic heterocycles. The molecule has 1 aliphatic rings. The molecular weight excluding hydrogens is 341 g/mol. The lowest BCUT2D eigenvalue weighted by Gasteiger charge is -2.14. The summed E-state index contributed by atoms with van der Waals surface area (Å²) in [5.41, 5.74) is 5.26. The van der Waals surface area contributed by atoms with E-state index in [0.29, 0.717) is 0 Å². The van der Waals surface area contributed by atoms with Gasteiger partial charge in [-0.15, -0.1) is 0 Å². The zero-order valence-electron chi connectivity index (χ0n) is 11.0. The van der Waals surface area contributed by atoms with Crippen LogP contribution in [0.3, 0.4) is 0 Å². The standard InChI is InChI=1S/C12H12Cl3N3O3/c1-4(11(19)17-5-2-3-5)21-12(20)9-6(13)8(16)7(14)10(15)18-9/h4-5H,2-3H2,1H3,(H2,16,18)(H,17,19)/t4-/m1/s1. The van der Waals surface area contributed by atoms with Gasteiger partial charge < -0.3 is 15.8 Å². The van der Waals surface area contributed by atoms with Gasteiger partial charge >= 0.3 is 5.97 Å². The Morgan fingerprint density at radius 1 is 1.33 bits per heavy atom. The first-order valence-electron chi connectivity index (χ1n) is 6.12. The number of esters is 1. The molecule has 1 saturated carbocycles. The number of rotatable bonds is 4. The average Bonchev–Trinajstić information content (AvgIpc) is 3.24. The van der Waals surface area contributed by atoms with Gasteiger partial charge in [-0.3, -0.25) is 4.79 Å². The molecule has 1 amide bonds. The van der Waals surface area contributed by atoms with Crippen LogP contribution in [0.25, 0.3) is 0 Å². The summed E-state index contributed by atoms with van der Waals surface area (Å²) in [5.74, 6) is -1.28. The minimum Gasteiger partial charge on any atom is -0.448 e. The van der Waals surface area contributed by atoms with Crippen LogP contribution >= 0.6 is 34.8 Å². The Hall–Kier alpha value is -1.24. The van der Waals surface area contributed by atoms with Crippen LogP contribution in [-0.4, -0.2) is 29.0 Å². The van der Waals surface area contributed by atoms with Crippen LogP contribution in [0.5, 0.6) is 0 Å². The third-order valence-corrected chi connectivity index (χ3v) is 3.98. The topological polar surface area (TPSA) is 94.3 Å². The number of hydrogen-bond acceptors (Lipinski definition) is 5. The van der Waals surface area contributed by atoms with E-state index in [1.165, 1.54) is 6.92 Å². The Morgan fingerprint density at radius 3 is 2.52 bits per heavy atom. The molecule has 114 valence electrons. The van der Waals surface area contributed by atoms with Crippen molar-refractivity contribution in [3.8, 4) is 0 Å². The van der Waals surface area contributed by atoms with Crippen molar-refractivity contribution >= 4 is 52.4 Å². The minimum absolute atomic E-state index is 0.0438. The Labute approximate surface area is 135 Å². The van der Waals surface area contributed by atoms with Crippen LogP contribution in [0.15, 0.2) is 0 Å². The lowest BCUT2D eigenvalue weighted by molar-refractivity contribution is -0.129. The van der Waals surface area contributed by atoms with Gasteiger partial charge in [-0.25, -0.2) is 9.78 Å². The number of nitrogen functional groups attached to an aromatic ring is 1. The Bertz CT molecular complexity index is 605. The minimum atomic E-state index is -0.980. The van der Waals surface area contributed by atoms with Crippen molar-refractivity contribution in [3.63, 3.8) is 0 Å². The highest BCUT2D eigenvalue weighted by atomic mass is 35.5. The number of halogens is 3. The predicted molar refractivity (Wildman–Crippen MR) is 79.7 cm³/mol. The number of carbonyl (C=O) groups is 2. The predicted octanol–water partition coefficient (Wildman–Crippen LogP) is 2.45. The summed E-state index contributed by atoms with van der Waals surface area (Å²) in [6.45, 7) is 1.45. The number of nitrogens with two attached hydrogens (primary N) is 1. The number of ether oxygens (including phenoxy) is 1. The van der Waals surface area contributed by atoms with E-state index in [2.05, 4.69) is 10.3 Å². The molecule has 6 nitrogen and oxygen atoms in total. The molecular formula is C12H12Cl3N3O3. The van der Waals surface area contributed by atoms with Crippen LogP contribution in [0, 0.1) is 0 Å². The van der Waals surface area contributed by atoms with Gasteiger partial charge in [0, 0.05) is 6.04 Å². The van der Waals surface area contributed by atoms with Crippen LogP contribution in [-0.2, 0) is 9.53 Å². The average molecular weight is 353 g/mol. The summed E-state index contributed by atoms with van der Waals surface area (Å²) in [7, 11) is 0. The Morgan fingerprint density at radius 2 is 1.95 bits per heavy atom. The van der Waals surface area contributed by atoms with E-state index in [0.717, 1.165) is 12.8 Å². The van der Waals surface area contributed by atoms with Crippen molar-refractivity contribution in [2.45, 2.75) is 31.9 Å². The molecule has 0 spiro atoms. The van der Waals surface area contributed by atoms with Crippen molar-refractivity contribution in [2.24, 2.45) is 0 Å². The fraction of sp³-hybridized carbons (Fsp3) is 0.417. The van der Waals surface area contributed by atoms with Gasteiger partial charge in [0.25, 0.3) is 5.91 Å². The molecule has 1 atom stereocenters. The normalized spacial score (nSPS) is 15.4. The maximum Gasteiger partial charge on any atom is 0.359 e. The SMILES string of the molecule is C[C@@H](OC(=O)c1nc(Cl)c(Cl)c(N)c1Cl)C(=O)NC1CC1.